The van der Waals surface area contributed by atoms with E-state index in [-0.39, 0.29) is 37.5 Å². The molecule has 1 aliphatic rings. The van der Waals surface area contributed by atoms with Crippen molar-refractivity contribution in [1.82, 2.24) is 15.7 Å². The summed E-state index contributed by atoms with van der Waals surface area (Å²) in [5, 5.41) is 5.71. The quantitative estimate of drug-likeness (QED) is 0.205. The van der Waals surface area contributed by atoms with Crippen LogP contribution in [0.4, 0.5) is 0 Å². The minimum Gasteiger partial charge on any atom is -0.355 e. The zero-order valence-corrected chi connectivity index (χ0v) is 16.2. The number of carbonyl (C=O) groups is 5. The second-order valence-electron chi connectivity index (χ2n) is 5.45. The fourth-order valence-electron chi connectivity index (χ4n) is 2.11. The number of alkyl halides is 1. The number of rotatable bonds is 10. The number of hydroxylamine groups is 2. The lowest BCUT2D eigenvalue weighted by atomic mass is 10.1. The molecule has 10 heteroatoms. The van der Waals surface area contributed by atoms with Gasteiger partial charge < -0.3 is 15.5 Å². The van der Waals surface area contributed by atoms with Gasteiger partial charge in [-0.2, -0.15) is 0 Å². The molecule has 0 unspecified atom stereocenters. The zero-order valence-electron chi connectivity index (χ0n) is 14.0. The Bertz CT molecular complexity index is 523. The van der Waals surface area contributed by atoms with Crippen molar-refractivity contribution in [2.75, 3.05) is 11.0 Å². The van der Waals surface area contributed by atoms with Gasteiger partial charge in [0, 0.05) is 25.8 Å². The Hall–Kier alpha value is -1.72. The number of carbonyl (C=O) groups excluding carboxylic acids is 5. The molecule has 0 aromatic heterocycles. The molecule has 4 amide bonds. The summed E-state index contributed by atoms with van der Waals surface area (Å²) in [5.41, 5.74) is 0. The molecule has 1 fully saturated rings. The van der Waals surface area contributed by atoms with Gasteiger partial charge in [-0.05, 0) is 19.3 Å². The minimum atomic E-state index is -0.950. The van der Waals surface area contributed by atoms with Gasteiger partial charge in [0.1, 0.15) is 6.04 Å². The second-order valence-corrected chi connectivity index (χ2v) is 6.21. The van der Waals surface area contributed by atoms with Gasteiger partial charge in [-0.15, -0.1) is 5.06 Å². The molecule has 1 atom stereocenters. The number of imide groups is 1. The Morgan fingerprint density at radius 1 is 1.16 bits per heavy atom. The molecule has 0 aromatic carbocycles. The van der Waals surface area contributed by atoms with Gasteiger partial charge in [0.15, 0.2) is 0 Å². The molecule has 1 rings (SSSR count). The normalized spacial score (nSPS) is 15.0. The van der Waals surface area contributed by atoms with Crippen molar-refractivity contribution in [3.8, 4) is 0 Å². The van der Waals surface area contributed by atoms with Gasteiger partial charge >= 0.3 is 5.97 Å². The van der Waals surface area contributed by atoms with E-state index in [1.54, 1.807) is 6.92 Å². The van der Waals surface area contributed by atoms with Gasteiger partial charge in [-0.25, -0.2) is 4.79 Å². The van der Waals surface area contributed by atoms with E-state index in [2.05, 4.69) is 10.6 Å². The molecule has 140 valence electrons. The third-order valence-corrected chi connectivity index (χ3v) is 4.18. The van der Waals surface area contributed by atoms with Gasteiger partial charge in [0.25, 0.3) is 11.8 Å². The van der Waals surface area contributed by atoms with Crippen LogP contribution in [0.3, 0.4) is 0 Å². The summed E-state index contributed by atoms with van der Waals surface area (Å²) in [4.78, 5) is 62.8. The Balaban J connectivity index is 2.52. The molecule has 0 radical (unpaired) electrons. The first kappa shape index (κ1) is 21.3. The summed E-state index contributed by atoms with van der Waals surface area (Å²) in [6.07, 6.45) is 1.66. The van der Waals surface area contributed by atoms with E-state index in [4.69, 9.17) is 4.84 Å². The highest BCUT2D eigenvalue weighted by atomic mass is 127. The average Bonchev–Trinajstić information content (AvgIpc) is 2.91. The highest BCUT2D eigenvalue weighted by Gasteiger charge is 2.35. The Morgan fingerprint density at radius 2 is 1.80 bits per heavy atom. The number of nitrogens with one attached hydrogen (secondary N) is 2. The fraction of sp³-hybridized carbons (Fsp3) is 0.667. The molecule has 0 spiro atoms. The summed E-state index contributed by atoms with van der Waals surface area (Å²) in [7, 11) is 0. The number of nitrogens with zero attached hydrogens (tertiary/aromatic N) is 1. The van der Waals surface area contributed by atoms with Crippen molar-refractivity contribution < 1.29 is 28.8 Å². The van der Waals surface area contributed by atoms with Crippen LogP contribution in [-0.2, 0) is 28.8 Å². The lowest BCUT2D eigenvalue weighted by molar-refractivity contribution is -0.199. The highest BCUT2D eigenvalue weighted by Crippen LogP contribution is 2.14. The van der Waals surface area contributed by atoms with Crippen LogP contribution >= 0.6 is 22.6 Å². The van der Waals surface area contributed by atoms with E-state index >= 15 is 0 Å². The number of amides is 4. The third kappa shape index (κ3) is 7.36. The Kier molecular flexibility index (Phi) is 9.39. The average molecular weight is 467 g/mol. The number of halogens is 1. The maximum absolute atomic E-state index is 12.2. The predicted octanol–water partition coefficient (Wildman–Crippen LogP) is 0.210. The van der Waals surface area contributed by atoms with Crippen molar-refractivity contribution in [2.45, 2.75) is 51.5 Å². The molecular weight excluding hydrogens is 445 g/mol. The lowest BCUT2D eigenvalue weighted by Crippen LogP contribution is -2.45. The molecule has 2 N–H and O–H groups in total. The highest BCUT2D eigenvalue weighted by molar-refractivity contribution is 14.1. The van der Waals surface area contributed by atoms with Gasteiger partial charge in [0.2, 0.25) is 11.8 Å². The van der Waals surface area contributed by atoms with E-state index in [1.165, 1.54) is 0 Å². The van der Waals surface area contributed by atoms with Crippen LogP contribution < -0.4 is 10.6 Å². The van der Waals surface area contributed by atoms with Crippen LogP contribution in [0.1, 0.15) is 45.4 Å². The van der Waals surface area contributed by atoms with Crippen molar-refractivity contribution in [3.05, 3.63) is 0 Å². The second kappa shape index (κ2) is 11.0. The van der Waals surface area contributed by atoms with Crippen molar-refractivity contribution in [1.29, 1.82) is 0 Å². The van der Waals surface area contributed by atoms with E-state index in [0.717, 1.165) is 0 Å². The van der Waals surface area contributed by atoms with Crippen LogP contribution in [0.2, 0.25) is 0 Å². The third-order valence-electron chi connectivity index (χ3n) is 3.49. The number of hydrogen-bond acceptors (Lipinski definition) is 6. The Morgan fingerprint density at radius 3 is 2.36 bits per heavy atom. The van der Waals surface area contributed by atoms with E-state index in [1.807, 2.05) is 22.6 Å². The largest absolute Gasteiger partial charge is 0.355 e. The molecule has 0 aromatic rings. The molecule has 0 bridgehead atoms. The van der Waals surface area contributed by atoms with Crippen LogP contribution in [0.15, 0.2) is 0 Å². The molecule has 25 heavy (non-hydrogen) atoms. The molecule has 1 saturated heterocycles. The van der Waals surface area contributed by atoms with E-state index in [9.17, 15) is 24.0 Å². The van der Waals surface area contributed by atoms with Gasteiger partial charge in [-0.1, -0.05) is 29.5 Å². The topological polar surface area (TPSA) is 122 Å². The summed E-state index contributed by atoms with van der Waals surface area (Å²) >= 11 is 1.96. The SMILES string of the molecule is CCC(=O)N[C@@H](CCCCNC(=O)CI)C(=O)ON1C(=O)CCC1=O. The first-order valence-electron chi connectivity index (χ1n) is 8.08. The van der Waals surface area contributed by atoms with Crippen LogP contribution in [0.25, 0.3) is 0 Å². The first-order chi connectivity index (χ1) is 11.9. The first-order valence-corrected chi connectivity index (χ1v) is 9.61. The van der Waals surface area contributed by atoms with Gasteiger partial charge in [-0.3, -0.25) is 19.2 Å². The summed E-state index contributed by atoms with van der Waals surface area (Å²) in [5.74, 6) is -2.39. The van der Waals surface area contributed by atoms with Crippen LogP contribution in [0.5, 0.6) is 0 Å². The predicted molar refractivity (Wildman–Crippen MR) is 95.1 cm³/mol. The van der Waals surface area contributed by atoms with Crippen molar-refractivity contribution >= 4 is 52.2 Å². The molecule has 9 nitrogen and oxygen atoms in total. The maximum atomic E-state index is 12.2. The smallest absolute Gasteiger partial charge is 0.355 e. The summed E-state index contributed by atoms with van der Waals surface area (Å²) in [6, 6.07) is -0.950. The van der Waals surface area contributed by atoms with E-state index < -0.39 is 23.8 Å². The standard InChI is InChI=1S/C15H22IN3O6/c1-2-11(20)18-10(5-3-4-8-17-12(21)9-16)15(24)25-19-13(22)6-7-14(19)23/h10H,2-9H2,1H3,(H,17,21)(H,18,20)/t10-/m0/s1. The maximum Gasteiger partial charge on any atom is 0.355 e. The van der Waals surface area contributed by atoms with Crippen LogP contribution in [0, 0.1) is 0 Å². The van der Waals surface area contributed by atoms with E-state index in [0.29, 0.717) is 28.9 Å². The lowest BCUT2D eigenvalue weighted by Gasteiger charge is -2.20. The molecule has 0 aliphatic carbocycles. The number of unbranched alkanes of at least 4 members (excludes halogenated alkanes) is 1. The van der Waals surface area contributed by atoms with Gasteiger partial charge in [0.05, 0.1) is 4.43 Å². The monoisotopic (exact) mass is 467 g/mol. The zero-order chi connectivity index (χ0) is 18.8. The summed E-state index contributed by atoms with van der Waals surface area (Å²) < 4.78 is 0.372. The molecular formula is C15H22IN3O6. The van der Waals surface area contributed by atoms with Crippen molar-refractivity contribution in [3.63, 3.8) is 0 Å². The number of hydrogen-bond donors (Lipinski definition) is 2. The molecule has 1 heterocycles. The Labute approximate surface area is 159 Å². The van der Waals surface area contributed by atoms with Crippen LogP contribution in [-0.4, -0.2) is 51.7 Å². The minimum absolute atomic E-state index is 0.00854. The molecule has 1 aliphatic heterocycles. The summed E-state index contributed by atoms with van der Waals surface area (Å²) in [6.45, 7) is 2.11. The molecule has 0 saturated carbocycles. The van der Waals surface area contributed by atoms with Crippen molar-refractivity contribution in [2.24, 2.45) is 0 Å². The fourth-order valence-corrected chi connectivity index (χ4v) is 2.37.